The second-order valence-electron chi connectivity index (χ2n) is 6.29. The van der Waals surface area contributed by atoms with Gasteiger partial charge in [0.15, 0.2) is 11.6 Å². The average molecular weight is 362 g/mol. The third-order valence-electron chi connectivity index (χ3n) is 4.61. The number of aromatic nitrogens is 3. The van der Waals surface area contributed by atoms with E-state index in [2.05, 4.69) is 38.8 Å². The Balaban J connectivity index is 1.35. The molecule has 0 aliphatic rings. The normalized spacial score (nSPS) is 12.0. The Morgan fingerprint density at radius 2 is 1.96 bits per heavy atom. The average Bonchev–Trinajstić information content (AvgIpc) is 3.26. The summed E-state index contributed by atoms with van der Waals surface area (Å²) in [6.07, 6.45) is 2.72. The highest BCUT2D eigenvalue weighted by molar-refractivity contribution is 5.82. The van der Waals surface area contributed by atoms with Crippen LogP contribution in [0.4, 0.5) is 0 Å². The Hall–Kier alpha value is -3.35. The lowest BCUT2D eigenvalue weighted by atomic mass is 10.1. The molecule has 7 heteroatoms. The van der Waals surface area contributed by atoms with Gasteiger partial charge in [-0.25, -0.2) is 0 Å². The molecule has 4 rings (SSSR count). The van der Waals surface area contributed by atoms with Crippen LogP contribution in [-0.2, 0) is 13.0 Å². The van der Waals surface area contributed by atoms with Crippen LogP contribution in [0.15, 0.2) is 58.1 Å². The third-order valence-corrected chi connectivity index (χ3v) is 4.61. The van der Waals surface area contributed by atoms with E-state index < -0.39 is 0 Å². The highest BCUT2D eigenvalue weighted by Gasteiger charge is 2.10. The quantitative estimate of drug-likeness (QED) is 0.421. The Morgan fingerprint density at radius 1 is 1.11 bits per heavy atom. The molecule has 0 atom stereocenters. The summed E-state index contributed by atoms with van der Waals surface area (Å²) in [5.41, 5.74) is 2.92. The van der Waals surface area contributed by atoms with Crippen LogP contribution in [0, 0.1) is 6.92 Å². The molecule has 0 saturated carbocycles. The van der Waals surface area contributed by atoms with Crippen LogP contribution < -0.4 is 10.6 Å². The minimum absolute atomic E-state index is 0.577. The van der Waals surface area contributed by atoms with Crippen LogP contribution >= 0.6 is 0 Å². The van der Waals surface area contributed by atoms with Crippen LogP contribution in [0.25, 0.3) is 16.6 Å². The molecule has 0 bridgehead atoms. The fourth-order valence-corrected chi connectivity index (χ4v) is 3.13. The lowest BCUT2D eigenvalue weighted by molar-refractivity contribution is 0.534. The number of guanidine groups is 1. The van der Waals surface area contributed by atoms with Gasteiger partial charge in [0.05, 0.1) is 6.54 Å². The summed E-state index contributed by atoms with van der Waals surface area (Å²) in [6.45, 7) is 3.36. The van der Waals surface area contributed by atoms with E-state index in [1.54, 1.807) is 7.05 Å². The molecule has 1 aromatic carbocycles. The first-order valence-corrected chi connectivity index (χ1v) is 8.96. The van der Waals surface area contributed by atoms with Gasteiger partial charge < -0.3 is 15.1 Å². The number of nitrogens with zero attached hydrogens (tertiary/aromatic N) is 4. The second-order valence-corrected chi connectivity index (χ2v) is 6.29. The highest BCUT2D eigenvalue weighted by Crippen LogP contribution is 2.24. The van der Waals surface area contributed by atoms with Gasteiger partial charge in [-0.2, -0.15) is 0 Å². The zero-order valence-electron chi connectivity index (χ0n) is 15.4. The van der Waals surface area contributed by atoms with Crippen molar-refractivity contribution in [3.63, 3.8) is 0 Å². The van der Waals surface area contributed by atoms with Gasteiger partial charge in [-0.15, -0.1) is 10.2 Å². The molecule has 0 radical (unpaired) electrons. The van der Waals surface area contributed by atoms with Gasteiger partial charge in [-0.3, -0.25) is 9.39 Å². The van der Waals surface area contributed by atoms with E-state index in [0.717, 1.165) is 46.1 Å². The smallest absolute Gasteiger partial charge is 0.191 e. The summed E-state index contributed by atoms with van der Waals surface area (Å²) in [4.78, 5) is 4.28. The number of pyridine rings is 1. The SMILES string of the molecule is CN=C(NCCc1nnc2ccccn12)NCc1oc2ccccc2c1C. The van der Waals surface area contributed by atoms with Crippen molar-refractivity contribution < 1.29 is 4.42 Å². The van der Waals surface area contributed by atoms with Crippen LogP contribution in [0.5, 0.6) is 0 Å². The summed E-state index contributed by atoms with van der Waals surface area (Å²) in [5.74, 6) is 2.56. The Bertz CT molecular complexity index is 1090. The lowest BCUT2D eigenvalue weighted by Crippen LogP contribution is -2.38. The number of para-hydroxylation sites is 1. The van der Waals surface area contributed by atoms with Gasteiger partial charge in [0.1, 0.15) is 17.2 Å². The van der Waals surface area contributed by atoms with E-state index in [0.29, 0.717) is 13.1 Å². The summed E-state index contributed by atoms with van der Waals surface area (Å²) >= 11 is 0. The molecule has 138 valence electrons. The van der Waals surface area contributed by atoms with Crippen LogP contribution in [0.2, 0.25) is 0 Å². The maximum absolute atomic E-state index is 5.94. The molecule has 0 saturated heterocycles. The number of benzene rings is 1. The molecule has 0 aliphatic carbocycles. The summed E-state index contributed by atoms with van der Waals surface area (Å²) in [6, 6.07) is 13.9. The topological polar surface area (TPSA) is 79.8 Å². The van der Waals surface area contributed by atoms with E-state index in [-0.39, 0.29) is 0 Å². The zero-order valence-corrected chi connectivity index (χ0v) is 15.4. The molecule has 4 aromatic rings. The summed E-state index contributed by atoms with van der Waals surface area (Å²) in [5, 5.41) is 16.2. The first-order valence-electron chi connectivity index (χ1n) is 8.96. The van der Waals surface area contributed by atoms with Crippen molar-refractivity contribution in [1.29, 1.82) is 0 Å². The highest BCUT2D eigenvalue weighted by atomic mass is 16.3. The molecule has 7 nitrogen and oxygen atoms in total. The van der Waals surface area contributed by atoms with Gasteiger partial charge >= 0.3 is 0 Å². The fraction of sp³-hybridized carbons (Fsp3) is 0.250. The number of rotatable bonds is 5. The summed E-state index contributed by atoms with van der Waals surface area (Å²) in [7, 11) is 1.76. The predicted octanol–water partition coefficient (Wildman–Crippen LogP) is 2.69. The molecule has 0 amide bonds. The molecule has 0 fully saturated rings. The van der Waals surface area contributed by atoms with Crippen molar-refractivity contribution >= 4 is 22.6 Å². The lowest BCUT2D eigenvalue weighted by Gasteiger charge is -2.10. The number of aryl methyl sites for hydroxylation is 1. The Morgan fingerprint density at radius 3 is 2.81 bits per heavy atom. The minimum Gasteiger partial charge on any atom is -0.459 e. The van der Waals surface area contributed by atoms with E-state index in [9.17, 15) is 0 Å². The molecule has 0 spiro atoms. The van der Waals surface area contributed by atoms with E-state index >= 15 is 0 Å². The zero-order chi connectivity index (χ0) is 18.6. The molecule has 0 unspecified atom stereocenters. The van der Waals surface area contributed by atoms with Crippen molar-refractivity contribution in [2.75, 3.05) is 13.6 Å². The predicted molar refractivity (Wildman–Crippen MR) is 106 cm³/mol. The maximum Gasteiger partial charge on any atom is 0.191 e. The third kappa shape index (κ3) is 3.48. The number of hydrogen-bond acceptors (Lipinski definition) is 4. The molecule has 0 aliphatic heterocycles. The standard InChI is InChI=1S/C20H22N6O/c1-14-15-7-3-4-8-16(15)27-17(14)13-23-20(21-2)22-11-10-19-25-24-18-9-5-6-12-26(18)19/h3-9,12H,10-11,13H2,1-2H3,(H2,21,22,23). The largest absolute Gasteiger partial charge is 0.459 e. The van der Waals surface area contributed by atoms with Crippen molar-refractivity contribution in [3.05, 3.63) is 65.8 Å². The monoisotopic (exact) mass is 362 g/mol. The van der Waals surface area contributed by atoms with Gasteiger partial charge in [0.2, 0.25) is 0 Å². The van der Waals surface area contributed by atoms with Gasteiger partial charge in [0, 0.05) is 37.2 Å². The number of furan rings is 1. The van der Waals surface area contributed by atoms with Crippen LogP contribution in [-0.4, -0.2) is 34.2 Å². The molecule has 27 heavy (non-hydrogen) atoms. The molecule has 3 heterocycles. The Kier molecular flexibility index (Phi) is 4.74. The fourth-order valence-electron chi connectivity index (χ4n) is 3.13. The molecular weight excluding hydrogens is 340 g/mol. The van der Waals surface area contributed by atoms with Crippen molar-refractivity contribution in [2.24, 2.45) is 4.99 Å². The van der Waals surface area contributed by atoms with Gasteiger partial charge in [-0.1, -0.05) is 24.3 Å². The number of hydrogen-bond donors (Lipinski definition) is 2. The summed E-state index contributed by atoms with van der Waals surface area (Å²) < 4.78 is 7.93. The Labute approximate surface area is 157 Å². The maximum atomic E-state index is 5.94. The molecule has 2 N–H and O–H groups in total. The number of fused-ring (bicyclic) bond motifs is 2. The van der Waals surface area contributed by atoms with Crippen molar-refractivity contribution in [2.45, 2.75) is 19.9 Å². The molecular formula is C20H22N6O. The van der Waals surface area contributed by atoms with Crippen molar-refractivity contribution in [1.82, 2.24) is 25.2 Å². The van der Waals surface area contributed by atoms with Crippen LogP contribution in [0.3, 0.4) is 0 Å². The van der Waals surface area contributed by atoms with Gasteiger partial charge in [-0.05, 0) is 25.1 Å². The first-order chi connectivity index (χ1) is 13.3. The number of aliphatic imine (C=N–C) groups is 1. The minimum atomic E-state index is 0.577. The molecule has 3 aromatic heterocycles. The van der Waals surface area contributed by atoms with E-state index in [1.165, 1.54) is 0 Å². The van der Waals surface area contributed by atoms with Crippen LogP contribution in [0.1, 0.15) is 17.1 Å². The van der Waals surface area contributed by atoms with E-state index in [4.69, 9.17) is 4.42 Å². The first kappa shape index (κ1) is 17.1. The van der Waals surface area contributed by atoms with Gasteiger partial charge in [0.25, 0.3) is 0 Å². The van der Waals surface area contributed by atoms with Crippen molar-refractivity contribution in [3.8, 4) is 0 Å². The number of nitrogens with one attached hydrogen (secondary N) is 2. The second kappa shape index (κ2) is 7.49. The van der Waals surface area contributed by atoms with E-state index in [1.807, 2.05) is 47.0 Å².